The number of nitrogens with one attached hydrogen (secondary N) is 3. The molecule has 15 nitrogen and oxygen atoms in total. The second kappa shape index (κ2) is 16.9. The number of aromatic hydroxyl groups is 1. The number of carboxylic acids is 2. The lowest BCUT2D eigenvalue weighted by Gasteiger charge is -2.25. The summed E-state index contributed by atoms with van der Waals surface area (Å²) in [4.78, 5) is 66.2. The second-order valence-corrected chi connectivity index (χ2v) is 9.74. The monoisotopic (exact) mass is 599 g/mol. The molecule has 4 atom stereocenters. The first-order valence-corrected chi connectivity index (χ1v) is 13.3. The Hall–Kier alpha value is -5.18. The molecule has 0 radical (unpaired) electrons. The smallest absolute Gasteiger partial charge is 0.326 e. The molecule has 15 heteroatoms. The summed E-state index contributed by atoms with van der Waals surface area (Å²) in [7, 11) is 0. The van der Waals surface area contributed by atoms with Gasteiger partial charge in [0.25, 0.3) is 0 Å². The van der Waals surface area contributed by atoms with Crippen LogP contribution in [0.3, 0.4) is 0 Å². The molecule has 0 aliphatic rings. The third kappa shape index (κ3) is 12.5. The average Bonchev–Trinajstić information content (AvgIpc) is 2.94. The molecule has 232 valence electrons. The number of hydrogen-bond acceptors (Lipinski definition) is 8. The highest BCUT2D eigenvalue weighted by Crippen LogP contribution is 2.13. The molecule has 2 rings (SSSR count). The molecule has 0 saturated heterocycles. The van der Waals surface area contributed by atoms with Crippen molar-refractivity contribution in [1.82, 2.24) is 16.0 Å². The molecule has 12 N–H and O–H groups in total. The summed E-state index contributed by atoms with van der Waals surface area (Å²) < 4.78 is 0. The summed E-state index contributed by atoms with van der Waals surface area (Å²) in [6.45, 7) is 0.139. The van der Waals surface area contributed by atoms with Crippen molar-refractivity contribution in [2.45, 2.75) is 56.3 Å². The third-order valence-corrected chi connectivity index (χ3v) is 6.22. The maximum atomic E-state index is 13.5. The van der Waals surface area contributed by atoms with Crippen LogP contribution >= 0.6 is 0 Å². The van der Waals surface area contributed by atoms with Crippen LogP contribution in [0.4, 0.5) is 0 Å². The molecule has 4 unspecified atom stereocenters. The highest BCUT2D eigenvalue weighted by Gasteiger charge is 2.31. The van der Waals surface area contributed by atoms with Gasteiger partial charge in [-0.3, -0.25) is 24.2 Å². The maximum Gasteiger partial charge on any atom is 0.326 e. The number of nitrogens with zero attached hydrogens (tertiary/aromatic N) is 1. The number of carbonyl (C=O) groups excluding carboxylic acids is 3. The third-order valence-electron chi connectivity index (χ3n) is 6.22. The minimum atomic E-state index is -1.44. The number of hydrogen-bond donors (Lipinski definition) is 9. The van der Waals surface area contributed by atoms with Crippen LogP contribution in [0, 0.1) is 0 Å². The summed E-state index contributed by atoms with van der Waals surface area (Å²) in [6, 6.07) is 9.13. The van der Waals surface area contributed by atoms with E-state index < -0.39 is 60.2 Å². The Morgan fingerprint density at radius 3 is 1.77 bits per heavy atom. The predicted octanol–water partition coefficient (Wildman–Crippen LogP) is -1.43. The zero-order valence-electron chi connectivity index (χ0n) is 23.3. The Morgan fingerprint density at radius 2 is 1.26 bits per heavy atom. The normalized spacial score (nSPS) is 13.4. The number of rotatable bonds is 17. The fraction of sp³-hybridized carbons (Fsp3) is 0.357. The van der Waals surface area contributed by atoms with Crippen LogP contribution in [0.15, 0.2) is 59.6 Å². The molecule has 0 fully saturated rings. The zero-order valence-corrected chi connectivity index (χ0v) is 23.3. The Balaban J connectivity index is 2.30. The lowest BCUT2D eigenvalue weighted by Crippen LogP contribution is -2.58. The Labute approximate surface area is 247 Å². The number of nitrogens with two attached hydrogens (primary N) is 3. The van der Waals surface area contributed by atoms with Crippen molar-refractivity contribution < 1.29 is 39.3 Å². The molecule has 3 amide bonds. The van der Waals surface area contributed by atoms with Gasteiger partial charge in [0.2, 0.25) is 17.7 Å². The zero-order chi connectivity index (χ0) is 31.9. The second-order valence-electron chi connectivity index (χ2n) is 9.74. The predicted molar refractivity (Wildman–Crippen MR) is 156 cm³/mol. The van der Waals surface area contributed by atoms with E-state index in [9.17, 15) is 34.2 Å². The molecule has 0 heterocycles. The van der Waals surface area contributed by atoms with E-state index in [0.717, 1.165) is 0 Å². The van der Waals surface area contributed by atoms with E-state index in [1.807, 2.05) is 0 Å². The van der Waals surface area contributed by atoms with E-state index in [-0.39, 0.29) is 43.9 Å². The van der Waals surface area contributed by atoms with Gasteiger partial charge >= 0.3 is 11.9 Å². The van der Waals surface area contributed by atoms with Crippen molar-refractivity contribution in [3.8, 4) is 5.75 Å². The highest BCUT2D eigenvalue weighted by molar-refractivity contribution is 5.95. The largest absolute Gasteiger partial charge is 0.508 e. The number of guanidine groups is 1. The van der Waals surface area contributed by atoms with E-state index in [1.165, 1.54) is 24.3 Å². The molecule has 0 aromatic heterocycles. The van der Waals surface area contributed by atoms with Crippen LogP contribution in [0.2, 0.25) is 0 Å². The van der Waals surface area contributed by atoms with Gasteiger partial charge in [0, 0.05) is 19.4 Å². The summed E-state index contributed by atoms with van der Waals surface area (Å²) in [6.07, 6.45) is -0.550. The van der Waals surface area contributed by atoms with E-state index in [1.54, 1.807) is 30.3 Å². The molecular weight excluding hydrogens is 562 g/mol. The van der Waals surface area contributed by atoms with Crippen LogP contribution in [0.5, 0.6) is 5.75 Å². The summed E-state index contributed by atoms with van der Waals surface area (Å²) in [5.74, 6) is -5.29. The van der Waals surface area contributed by atoms with E-state index >= 15 is 0 Å². The number of carboxylic acid groups (broad SMARTS) is 2. The molecular formula is C28H37N7O8. The van der Waals surface area contributed by atoms with Gasteiger partial charge in [-0.05, 0) is 36.1 Å². The molecule has 0 saturated carbocycles. The van der Waals surface area contributed by atoms with Gasteiger partial charge in [0.05, 0.1) is 12.5 Å². The van der Waals surface area contributed by atoms with Crippen LogP contribution in [0.1, 0.15) is 30.4 Å². The Bertz CT molecular complexity index is 1280. The number of aliphatic imine (C=N–C) groups is 1. The molecule has 0 aliphatic heterocycles. The van der Waals surface area contributed by atoms with Crippen molar-refractivity contribution in [2.24, 2.45) is 22.2 Å². The van der Waals surface area contributed by atoms with Crippen LogP contribution in [0.25, 0.3) is 0 Å². The van der Waals surface area contributed by atoms with Gasteiger partial charge in [0.1, 0.15) is 23.9 Å². The number of phenols is 1. The van der Waals surface area contributed by atoms with Crippen LogP contribution in [-0.4, -0.2) is 81.7 Å². The van der Waals surface area contributed by atoms with Crippen molar-refractivity contribution in [2.75, 3.05) is 6.54 Å². The van der Waals surface area contributed by atoms with Crippen molar-refractivity contribution in [1.29, 1.82) is 0 Å². The van der Waals surface area contributed by atoms with Crippen molar-refractivity contribution in [3.63, 3.8) is 0 Å². The van der Waals surface area contributed by atoms with Crippen molar-refractivity contribution >= 4 is 35.6 Å². The first-order valence-electron chi connectivity index (χ1n) is 13.3. The number of aliphatic carboxylic acids is 2. The highest BCUT2D eigenvalue weighted by atomic mass is 16.4. The minimum absolute atomic E-state index is 0.00805. The Kier molecular flexibility index (Phi) is 13.4. The van der Waals surface area contributed by atoms with Gasteiger partial charge in [0.15, 0.2) is 5.96 Å². The van der Waals surface area contributed by atoms with E-state index in [0.29, 0.717) is 11.1 Å². The number of phenolic OH excluding ortho intramolecular Hbond substituents is 1. The topological polar surface area (TPSA) is 273 Å². The SMILES string of the molecule is NC(N)=NCCCC(NC(=O)C(Cc1ccc(O)cc1)NC(=O)C(Cc1ccccc1)NC(=O)C(N)CC(=O)O)C(=O)O. The first kappa shape index (κ1) is 34.0. The summed E-state index contributed by atoms with van der Waals surface area (Å²) >= 11 is 0. The first-order chi connectivity index (χ1) is 20.3. The summed E-state index contributed by atoms with van der Waals surface area (Å²) in [5, 5.41) is 35.8. The molecule has 0 aliphatic carbocycles. The van der Waals surface area contributed by atoms with E-state index in [4.69, 9.17) is 22.3 Å². The fourth-order valence-electron chi connectivity index (χ4n) is 4.00. The fourth-order valence-corrected chi connectivity index (χ4v) is 4.00. The van der Waals surface area contributed by atoms with Gasteiger partial charge in [-0.15, -0.1) is 0 Å². The number of benzene rings is 2. The number of amides is 3. The lowest BCUT2D eigenvalue weighted by atomic mass is 10.0. The molecule has 0 spiro atoms. The van der Waals surface area contributed by atoms with Gasteiger partial charge in [-0.2, -0.15) is 0 Å². The van der Waals surface area contributed by atoms with Crippen LogP contribution < -0.4 is 33.2 Å². The number of carbonyl (C=O) groups is 5. The van der Waals surface area contributed by atoms with Crippen LogP contribution in [-0.2, 0) is 36.8 Å². The van der Waals surface area contributed by atoms with Gasteiger partial charge < -0.3 is 48.5 Å². The average molecular weight is 600 g/mol. The minimum Gasteiger partial charge on any atom is -0.508 e. The lowest BCUT2D eigenvalue weighted by molar-refractivity contribution is -0.142. The standard InChI is InChI=1S/C28H37N7O8/c29-19(15-23(37)38)24(39)34-21(13-16-5-2-1-3-6-16)26(41)35-22(14-17-8-10-18(36)11-9-17)25(40)33-20(27(42)43)7-4-12-32-28(30)31/h1-3,5-6,8-11,19-22,36H,4,7,12-15,29H2,(H,33,40)(H,34,39)(H,35,41)(H,37,38)(H,42,43)(H4,30,31,32). The quantitative estimate of drug-likeness (QED) is 0.0577. The van der Waals surface area contributed by atoms with Crippen molar-refractivity contribution in [3.05, 3.63) is 65.7 Å². The molecule has 0 bridgehead atoms. The molecule has 43 heavy (non-hydrogen) atoms. The molecule has 2 aromatic carbocycles. The molecule has 2 aromatic rings. The summed E-state index contributed by atoms with van der Waals surface area (Å²) in [5.41, 5.74) is 17.4. The van der Waals surface area contributed by atoms with E-state index in [2.05, 4.69) is 20.9 Å². The van der Waals surface area contributed by atoms with Gasteiger partial charge in [-0.25, -0.2) is 4.79 Å². The maximum absolute atomic E-state index is 13.5. The van der Waals surface area contributed by atoms with Gasteiger partial charge in [-0.1, -0.05) is 42.5 Å². The Morgan fingerprint density at radius 1 is 0.744 bits per heavy atom.